The van der Waals surface area contributed by atoms with Gasteiger partial charge >= 0.3 is 0 Å². The Morgan fingerprint density at radius 3 is 2.82 bits per heavy atom. The fourth-order valence-electron chi connectivity index (χ4n) is 2.84. The zero-order chi connectivity index (χ0) is 15.1. The van der Waals surface area contributed by atoms with Crippen LogP contribution in [0.4, 0.5) is 0 Å². The van der Waals surface area contributed by atoms with Gasteiger partial charge in [-0.2, -0.15) is 0 Å². The van der Waals surface area contributed by atoms with Gasteiger partial charge in [0, 0.05) is 16.4 Å². The number of hydrogen-bond donors (Lipinski definition) is 1. The van der Waals surface area contributed by atoms with Crippen LogP contribution >= 0.6 is 11.3 Å². The average Bonchev–Trinajstić information content (AvgIpc) is 2.89. The van der Waals surface area contributed by atoms with E-state index in [4.69, 9.17) is 5.26 Å². The van der Waals surface area contributed by atoms with Crippen LogP contribution in [0.5, 0.6) is 5.75 Å². The van der Waals surface area contributed by atoms with Crippen LogP contribution in [0.1, 0.15) is 10.8 Å². The number of thiophene rings is 1. The lowest BCUT2D eigenvalue weighted by Gasteiger charge is -2.26. The van der Waals surface area contributed by atoms with Crippen molar-refractivity contribution in [2.24, 2.45) is 0 Å². The van der Waals surface area contributed by atoms with Crippen molar-refractivity contribution in [1.82, 2.24) is 10.2 Å². The Bertz CT molecular complexity index is 896. The number of rotatable bonds is 2. The monoisotopic (exact) mass is 305 g/mol. The van der Waals surface area contributed by atoms with E-state index < -0.39 is 0 Å². The summed E-state index contributed by atoms with van der Waals surface area (Å²) in [4.78, 5) is 1.28. The van der Waals surface area contributed by atoms with Crippen LogP contribution in [-0.2, 0) is 0 Å². The summed E-state index contributed by atoms with van der Waals surface area (Å²) in [5, 5.41) is 27.3. The molecule has 6 heteroatoms. The van der Waals surface area contributed by atoms with Crippen LogP contribution < -0.4 is 0 Å². The summed E-state index contributed by atoms with van der Waals surface area (Å²) in [5.74, 6) is 3.02. The maximum Gasteiger partial charge on any atom is 0.269 e. The predicted molar refractivity (Wildman–Crippen MR) is 88.2 cm³/mol. The molecule has 2 aromatic heterocycles. The number of phenolic OH excluding ortho intramolecular Hbond substituents is 1. The number of benzene rings is 1. The van der Waals surface area contributed by atoms with E-state index in [2.05, 4.69) is 22.2 Å². The van der Waals surface area contributed by atoms with Gasteiger partial charge in [-0.15, -0.1) is 21.5 Å². The topological polar surface area (TPSA) is 69.8 Å². The van der Waals surface area contributed by atoms with Crippen molar-refractivity contribution in [3.8, 4) is 23.0 Å². The Morgan fingerprint density at radius 1 is 1.23 bits per heavy atom. The maximum atomic E-state index is 9.94. The molecule has 4 rings (SSSR count). The third-order valence-electron chi connectivity index (χ3n) is 4.20. The molecule has 0 bridgehead atoms. The first-order chi connectivity index (χ1) is 10.7. The van der Waals surface area contributed by atoms with Gasteiger partial charge < -0.3 is 5.11 Å². The standard InChI is InChI=1S/C16H12BN3OS/c18-9-17-7-10(8-17)15-6-13-16(22-15)5-12(19-20-13)11-3-1-2-4-14(11)21/h1-6,10,21H,7-8H2. The molecule has 0 atom stereocenters. The second kappa shape index (κ2) is 5.11. The molecule has 0 saturated carbocycles. The van der Waals surface area contributed by atoms with Crippen molar-refractivity contribution >= 4 is 28.3 Å². The van der Waals surface area contributed by atoms with Crippen LogP contribution in [0.25, 0.3) is 21.5 Å². The van der Waals surface area contributed by atoms with E-state index in [0.717, 1.165) is 22.9 Å². The van der Waals surface area contributed by atoms with E-state index in [9.17, 15) is 5.11 Å². The number of hydrogen-bond acceptors (Lipinski definition) is 5. The van der Waals surface area contributed by atoms with Gasteiger partial charge in [-0.3, -0.25) is 0 Å². The Morgan fingerprint density at radius 2 is 2.05 bits per heavy atom. The Kier molecular flexibility index (Phi) is 3.09. The zero-order valence-electron chi connectivity index (χ0n) is 11.7. The van der Waals surface area contributed by atoms with Crippen molar-refractivity contribution in [2.75, 3.05) is 0 Å². The summed E-state index contributed by atoms with van der Waals surface area (Å²) < 4.78 is 1.07. The molecular formula is C16H12BN3OS. The van der Waals surface area contributed by atoms with Gasteiger partial charge in [0.2, 0.25) is 0 Å². The minimum Gasteiger partial charge on any atom is -0.507 e. The van der Waals surface area contributed by atoms with E-state index in [-0.39, 0.29) is 12.5 Å². The van der Waals surface area contributed by atoms with Crippen LogP contribution in [0.2, 0.25) is 12.6 Å². The third-order valence-corrected chi connectivity index (χ3v) is 5.43. The summed E-state index contributed by atoms with van der Waals surface area (Å²) in [6.45, 7) is 0.207. The van der Waals surface area contributed by atoms with Crippen molar-refractivity contribution in [1.29, 1.82) is 5.26 Å². The summed E-state index contributed by atoms with van der Waals surface area (Å²) in [6, 6.07) is 11.2. The molecule has 1 aromatic carbocycles. The number of nitrogens with zero attached hydrogens (tertiary/aromatic N) is 3. The van der Waals surface area contributed by atoms with E-state index in [1.165, 1.54) is 4.88 Å². The van der Waals surface area contributed by atoms with E-state index in [1.807, 2.05) is 18.2 Å². The SMILES string of the molecule is N#CB1CC(c2cc3nnc(-c4ccccc4O)cc3s2)C1. The number of para-hydroxylation sites is 1. The second-order valence-corrected chi connectivity index (χ2v) is 6.75. The molecule has 0 radical (unpaired) electrons. The molecule has 4 nitrogen and oxygen atoms in total. The summed E-state index contributed by atoms with van der Waals surface area (Å²) in [6.07, 6.45) is 1.90. The summed E-state index contributed by atoms with van der Waals surface area (Å²) in [7, 11) is 0. The van der Waals surface area contributed by atoms with Crippen LogP contribution in [0.3, 0.4) is 0 Å². The number of phenols is 1. The van der Waals surface area contributed by atoms with Gasteiger partial charge in [-0.05, 0) is 30.2 Å². The third kappa shape index (κ3) is 2.14. The number of nitriles is 1. The minimum absolute atomic E-state index is 0.207. The Labute approximate surface area is 132 Å². The molecule has 1 aliphatic rings. The van der Waals surface area contributed by atoms with E-state index in [1.54, 1.807) is 23.5 Å². The number of fused-ring (bicyclic) bond motifs is 1. The number of aromatic hydroxyl groups is 1. The first-order valence-electron chi connectivity index (χ1n) is 7.20. The van der Waals surface area contributed by atoms with Gasteiger partial charge in [0.15, 0.2) is 0 Å². The lowest BCUT2D eigenvalue weighted by atomic mass is 9.32. The highest BCUT2D eigenvalue weighted by Crippen LogP contribution is 2.43. The number of aromatic nitrogens is 2. The highest BCUT2D eigenvalue weighted by molar-refractivity contribution is 7.19. The fraction of sp³-hybridized carbons (Fsp3) is 0.188. The van der Waals surface area contributed by atoms with Crippen molar-refractivity contribution < 1.29 is 5.11 Å². The van der Waals surface area contributed by atoms with Crippen molar-refractivity contribution in [3.05, 3.63) is 41.3 Å². The van der Waals surface area contributed by atoms with Gasteiger partial charge in [-0.25, -0.2) is 5.26 Å². The molecule has 0 amide bonds. The predicted octanol–water partition coefficient (Wildman–Crippen LogP) is 3.72. The molecule has 1 saturated heterocycles. The molecule has 0 aliphatic carbocycles. The molecule has 1 N–H and O–H groups in total. The molecule has 0 spiro atoms. The molecule has 22 heavy (non-hydrogen) atoms. The zero-order valence-corrected chi connectivity index (χ0v) is 12.5. The molecule has 0 unspecified atom stereocenters. The van der Waals surface area contributed by atoms with Crippen molar-refractivity contribution in [2.45, 2.75) is 18.6 Å². The molecule has 1 aliphatic heterocycles. The highest BCUT2D eigenvalue weighted by atomic mass is 32.1. The average molecular weight is 305 g/mol. The molecular weight excluding hydrogens is 293 g/mol. The van der Waals surface area contributed by atoms with Gasteiger partial charge in [0.05, 0.1) is 10.4 Å². The fourth-order valence-corrected chi connectivity index (χ4v) is 3.99. The maximum absolute atomic E-state index is 9.94. The van der Waals surface area contributed by atoms with Gasteiger partial charge in [0.1, 0.15) is 11.3 Å². The first kappa shape index (κ1) is 13.3. The van der Waals surface area contributed by atoms with Gasteiger partial charge in [-0.1, -0.05) is 24.8 Å². The normalized spacial score (nSPS) is 14.8. The van der Waals surface area contributed by atoms with Crippen LogP contribution in [0.15, 0.2) is 36.4 Å². The molecule has 3 aromatic rings. The lowest BCUT2D eigenvalue weighted by molar-refractivity contribution is 0.477. The Balaban J connectivity index is 1.70. The van der Waals surface area contributed by atoms with Crippen LogP contribution in [0, 0.1) is 11.2 Å². The highest BCUT2D eigenvalue weighted by Gasteiger charge is 2.35. The second-order valence-electron chi connectivity index (χ2n) is 5.64. The molecule has 1 fully saturated rings. The first-order valence-corrected chi connectivity index (χ1v) is 8.01. The van der Waals surface area contributed by atoms with Gasteiger partial charge in [0.25, 0.3) is 6.71 Å². The van der Waals surface area contributed by atoms with E-state index >= 15 is 0 Å². The summed E-state index contributed by atoms with van der Waals surface area (Å²) in [5.41, 5.74) is 2.27. The van der Waals surface area contributed by atoms with Crippen LogP contribution in [-0.4, -0.2) is 22.0 Å². The molecule has 106 valence electrons. The molecule has 3 heterocycles. The Hall–Kier alpha value is -2.39. The quantitative estimate of drug-likeness (QED) is 0.733. The smallest absolute Gasteiger partial charge is 0.269 e. The lowest BCUT2D eigenvalue weighted by Crippen LogP contribution is -2.27. The van der Waals surface area contributed by atoms with Crippen molar-refractivity contribution in [3.63, 3.8) is 0 Å². The minimum atomic E-state index is 0.207. The largest absolute Gasteiger partial charge is 0.507 e. The van der Waals surface area contributed by atoms with E-state index in [0.29, 0.717) is 17.2 Å². The summed E-state index contributed by atoms with van der Waals surface area (Å²) >= 11 is 1.71.